The first-order valence-corrected chi connectivity index (χ1v) is 7.28. The van der Waals surface area contributed by atoms with E-state index in [0.717, 1.165) is 33.0 Å². The number of fused-ring (bicyclic) bond motifs is 1. The van der Waals surface area contributed by atoms with Crippen molar-refractivity contribution in [2.24, 2.45) is 0 Å². The van der Waals surface area contributed by atoms with E-state index in [1.54, 1.807) is 0 Å². The average molecular weight is 276 g/mol. The fraction of sp³-hybridized carbons (Fsp3) is 0.200. The summed E-state index contributed by atoms with van der Waals surface area (Å²) in [6, 6.07) is 20.5. The lowest BCUT2D eigenvalue weighted by Crippen LogP contribution is -2.24. The van der Waals surface area contributed by atoms with Gasteiger partial charge in [0, 0.05) is 0 Å². The van der Waals surface area contributed by atoms with Gasteiger partial charge in [0.1, 0.15) is 5.60 Å². The van der Waals surface area contributed by atoms with E-state index >= 15 is 0 Å². The fourth-order valence-corrected chi connectivity index (χ4v) is 3.06. The van der Waals surface area contributed by atoms with Crippen molar-refractivity contribution in [2.75, 3.05) is 0 Å². The Morgan fingerprint density at radius 1 is 0.810 bits per heavy atom. The van der Waals surface area contributed by atoms with Gasteiger partial charge in [-0.05, 0) is 48.2 Å². The predicted octanol–water partition coefficient (Wildman–Crippen LogP) is 4.71. The molecule has 0 heterocycles. The molecule has 1 N–H and O–H groups in total. The summed E-state index contributed by atoms with van der Waals surface area (Å²) in [5, 5.41) is 13.5. The van der Waals surface area contributed by atoms with E-state index in [2.05, 4.69) is 43.3 Å². The number of hydrogen-bond acceptors (Lipinski definition) is 1. The van der Waals surface area contributed by atoms with E-state index in [9.17, 15) is 5.11 Å². The highest BCUT2D eigenvalue weighted by molar-refractivity contribution is 5.87. The van der Waals surface area contributed by atoms with Crippen molar-refractivity contribution in [3.05, 3.63) is 82.9 Å². The van der Waals surface area contributed by atoms with Gasteiger partial charge >= 0.3 is 0 Å². The summed E-state index contributed by atoms with van der Waals surface area (Å²) in [7, 11) is 0. The molecule has 1 nitrogen and oxygen atoms in total. The SMILES string of the molecule is Cc1ccc(C)c(C(C)(O)c2cccc3ccccc23)c1. The lowest BCUT2D eigenvalue weighted by molar-refractivity contribution is 0.103. The Morgan fingerprint density at radius 2 is 1.52 bits per heavy atom. The lowest BCUT2D eigenvalue weighted by Gasteiger charge is -2.28. The van der Waals surface area contributed by atoms with Crippen molar-refractivity contribution >= 4 is 10.8 Å². The number of aliphatic hydroxyl groups is 1. The molecule has 3 rings (SSSR count). The number of benzene rings is 3. The molecule has 0 saturated carbocycles. The van der Waals surface area contributed by atoms with E-state index in [1.807, 2.05) is 38.1 Å². The van der Waals surface area contributed by atoms with E-state index in [1.165, 1.54) is 0 Å². The molecule has 0 amide bonds. The normalized spacial score (nSPS) is 14.1. The summed E-state index contributed by atoms with van der Waals surface area (Å²) in [4.78, 5) is 0. The Bertz CT molecular complexity index is 795. The molecule has 0 spiro atoms. The molecule has 0 bridgehead atoms. The Labute approximate surface area is 125 Å². The van der Waals surface area contributed by atoms with Crippen LogP contribution in [0.5, 0.6) is 0 Å². The lowest BCUT2D eigenvalue weighted by atomic mass is 9.82. The van der Waals surface area contributed by atoms with E-state index in [-0.39, 0.29) is 0 Å². The molecule has 21 heavy (non-hydrogen) atoms. The largest absolute Gasteiger partial charge is 0.381 e. The third-order valence-electron chi connectivity index (χ3n) is 4.23. The maximum Gasteiger partial charge on any atom is 0.113 e. The number of hydrogen-bond donors (Lipinski definition) is 1. The highest BCUT2D eigenvalue weighted by Crippen LogP contribution is 2.35. The molecule has 106 valence electrons. The zero-order chi connectivity index (χ0) is 15.0. The Kier molecular flexibility index (Phi) is 3.30. The van der Waals surface area contributed by atoms with Crippen molar-refractivity contribution < 1.29 is 5.11 Å². The highest BCUT2D eigenvalue weighted by Gasteiger charge is 2.28. The topological polar surface area (TPSA) is 20.2 Å². The zero-order valence-corrected chi connectivity index (χ0v) is 12.7. The van der Waals surface area contributed by atoms with Gasteiger partial charge in [0.05, 0.1) is 0 Å². The van der Waals surface area contributed by atoms with Crippen LogP contribution >= 0.6 is 0 Å². The quantitative estimate of drug-likeness (QED) is 0.718. The highest BCUT2D eigenvalue weighted by atomic mass is 16.3. The van der Waals surface area contributed by atoms with E-state index in [4.69, 9.17) is 0 Å². The van der Waals surface area contributed by atoms with Crippen LogP contribution in [0, 0.1) is 13.8 Å². The Hall–Kier alpha value is -2.12. The van der Waals surface area contributed by atoms with Gasteiger partial charge in [-0.25, -0.2) is 0 Å². The van der Waals surface area contributed by atoms with E-state index < -0.39 is 5.60 Å². The third kappa shape index (κ3) is 2.34. The molecule has 0 aliphatic carbocycles. The minimum atomic E-state index is -1.00. The summed E-state index contributed by atoms with van der Waals surface area (Å²) < 4.78 is 0. The van der Waals surface area contributed by atoms with Gasteiger partial charge in [-0.1, -0.05) is 66.2 Å². The second-order valence-electron chi connectivity index (χ2n) is 5.92. The van der Waals surface area contributed by atoms with Crippen LogP contribution in [0.3, 0.4) is 0 Å². The molecule has 0 aromatic heterocycles. The first-order valence-electron chi connectivity index (χ1n) is 7.28. The van der Waals surface area contributed by atoms with Crippen LogP contribution in [0.1, 0.15) is 29.2 Å². The molecule has 0 saturated heterocycles. The minimum Gasteiger partial charge on any atom is -0.381 e. The number of aryl methyl sites for hydroxylation is 2. The molecular formula is C20H20O. The molecule has 1 heteroatoms. The summed E-state index contributed by atoms with van der Waals surface area (Å²) >= 11 is 0. The van der Waals surface area contributed by atoms with Gasteiger partial charge in [0.25, 0.3) is 0 Å². The first kappa shape index (κ1) is 13.8. The fourth-order valence-electron chi connectivity index (χ4n) is 3.06. The molecule has 3 aromatic carbocycles. The summed E-state index contributed by atoms with van der Waals surface area (Å²) in [6.07, 6.45) is 0. The molecule has 3 aromatic rings. The van der Waals surface area contributed by atoms with Crippen LogP contribution in [0.15, 0.2) is 60.7 Å². The van der Waals surface area contributed by atoms with E-state index in [0.29, 0.717) is 0 Å². The molecule has 0 fully saturated rings. The first-order chi connectivity index (χ1) is 10.00. The van der Waals surface area contributed by atoms with Gasteiger partial charge in [-0.2, -0.15) is 0 Å². The smallest absolute Gasteiger partial charge is 0.113 e. The number of rotatable bonds is 2. The van der Waals surface area contributed by atoms with Crippen LogP contribution in [0.2, 0.25) is 0 Å². The maximum atomic E-state index is 11.3. The third-order valence-corrected chi connectivity index (χ3v) is 4.23. The van der Waals surface area contributed by atoms with Gasteiger partial charge in [-0.3, -0.25) is 0 Å². The zero-order valence-electron chi connectivity index (χ0n) is 12.7. The van der Waals surface area contributed by atoms with Crippen molar-refractivity contribution in [1.82, 2.24) is 0 Å². The van der Waals surface area contributed by atoms with Crippen molar-refractivity contribution in [2.45, 2.75) is 26.4 Å². The summed E-state index contributed by atoms with van der Waals surface area (Å²) in [6.45, 7) is 5.99. The van der Waals surface area contributed by atoms with Gasteiger partial charge in [-0.15, -0.1) is 0 Å². The maximum absolute atomic E-state index is 11.3. The monoisotopic (exact) mass is 276 g/mol. The van der Waals surface area contributed by atoms with Crippen molar-refractivity contribution in [3.63, 3.8) is 0 Å². The standard InChI is InChI=1S/C20H20O/c1-14-11-12-15(2)19(13-14)20(3,21)18-10-6-8-16-7-4-5-9-17(16)18/h4-13,21H,1-3H3. The van der Waals surface area contributed by atoms with Crippen molar-refractivity contribution in [1.29, 1.82) is 0 Å². The van der Waals surface area contributed by atoms with Crippen LogP contribution in [-0.4, -0.2) is 5.11 Å². The molecular weight excluding hydrogens is 256 g/mol. The van der Waals surface area contributed by atoms with Crippen LogP contribution < -0.4 is 0 Å². The molecule has 0 aliphatic rings. The average Bonchev–Trinajstić information content (AvgIpc) is 2.49. The van der Waals surface area contributed by atoms with Crippen LogP contribution in [0.4, 0.5) is 0 Å². The molecule has 1 unspecified atom stereocenters. The molecule has 1 atom stereocenters. The Balaban J connectivity index is 2.27. The van der Waals surface area contributed by atoms with Crippen molar-refractivity contribution in [3.8, 4) is 0 Å². The molecule has 0 radical (unpaired) electrons. The Morgan fingerprint density at radius 3 is 2.33 bits per heavy atom. The molecule has 0 aliphatic heterocycles. The summed E-state index contributed by atoms with van der Waals surface area (Å²) in [5.41, 5.74) is 3.19. The second-order valence-corrected chi connectivity index (χ2v) is 5.92. The second kappa shape index (κ2) is 5.01. The predicted molar refractivity (Wildman–Crippen MR) is 88.5 cm³/mol. The van der Waals surface area contributed by atoms with Gasteiger partial charge in [0.15, 0.2) is 0 Å². The minimum absolute atomic E-state index is 0.953. The van der Waals surface area contributed by atoms with Crippen LogP contribution in [0.25, 0.3) is 10.8 Å². The van der Waals surface area contributed by atoms with Crippen LogP contribution in [-0.2, 0) is 5.60 Å². The summed E-state index contributed by atoms with van der Waals surface area (Å²) in [5.74, 6) is 0. The van der Waals surface area contributed by atoms with Gasteiger partial charge in [0.2, 0.25) is 0 Å². The van der Waals surface area contributed by atoms with Gasteiger partial charge < -0.3 is 5.11 Å².